The standard InChI is InChI=1S/C18H30N2/c1-4-6-9-16(5-2)14-20-13-15(3)19-12-17-10-7-8-11-18(17)20/h7-8,10-11,15-16,19H,4-6,9,12-14H2,1-3H3. The Kier molecular flexibility index (Phi) is 5.90. The van der Waals surface area contributed by atoms with E-state index in [2.05, 4.69) is 55.3 Å². The number of benzene rings is 1. The molecule has 2 nitrogen and oxygen atoms in total. The van der Waals surface area contributed by atoms with Crippen LogP contribution in [-0.2, 0) is 6.54 Å². The van der Waals surface area contributed by atoms with Crippen molar-refractivity contribution in [3.8, 4) is 0 Å². The van der Waals surface area contributed by atoms with Crippen LogP contribution in [-0.4, -0.2) is 19.1 Å². The Morgan fingerprint density at radius 1 is 1.30 bits per heavy atom. The van der Waals surface area contributed by atoms with Crippen LogP contribution in [0.15, 0.2) is 24.3 Å². The molecule has 0 aliphatic carbocycles. The number of anilines is 1. The van der Waals surface area contributed by atoms with Gasteiger partial charge in [-0.25, -0.2) is 0 Å². The minimum Gasteiger partial charge on any atom is -0.369 e. The molecule has 0 fully saturated rings. The highest BCUT2D eigenvalue weighted by Gasteiger charge is 2.20. The molecule has 0 saturated heterocycles. The van der Waals surface area contributed by atoms with E-state index >= 15 is 0 Å². The van der Waals surface area contributed by atoms with E-state index in [4.69, 9.17) is 0 Å². The van der Waals surface area contributed by atoms with Crippen molar-refractivity contribution in [1.29, 1.82) is 0 Å². The summed E-state index contributed by atoms with van der Waals surface area (Å²) in [4.78, 5) is 2.61. The molecule has 1 aromatic rings. The average molecular weight is 274 g/mol. The van der Waals surface area contributed by atoms with Crippen LogP contribution < -0.4 is 10.2 Å². The zero-order valence-electron chi connectivity index (χ0n) is 13.4. The van der Waals surface area contributed by atoms with E-state index in [1.165, 1.54) is 43.5 Å². The van der Waals surface area contributed by atoms with Gasteiger partial charge in [-0.3, -0.25) is 0 Å². The van der Waals surface area contributed by atoms with Crippen LogP contribution in [0.25, 0.3) is 0 Å². The van der Waals surface area contributed by atoms with Crippen LogP contribution in [0.2, 0.25) is 0 Å². The third-order valence-corrected chi connectivity index (χ3v) is 4.49. The normalized spacial score (nSPS) is 20.4. The molecule has 2 atom stereocenters. The summed E-state index contributed by atoms with van der Waals surface area (Å²) in [5, 5.41) is 3.62. The molecular formula is C18H30N2. The predicted molar refractivity (Wildman–Crippen MR) is 88.3 cm³/mol. The summed E-state index contributed by atoms with van der Waals surface area (Å²) < 4.78 is 0. The van der Waals surface area contributed by atoms with Crippen molar-refractivity contribution >= 4 is 5.69 Å². The Morgan fingerprint density at radius 3 is 2.85 bits per heavy atom. The minimum absolute atomic E-state index is 0.561. The van der Waals surface area contributed by atoms with Gasteiger partial charge in [0.25, 0.3) is 0 Å². The van der Waals surface area contributed by atoms with Gasteiger partial charge in [0.15, 0.2) is 0 Å². The summed E-state index contributed by atoms with van der Waals surface area (Å²) in [5.74, 6) is 0.827. The van der Waals surface area contributed by atoms with Crippen molar-refractivity contribution in [2.75, 3.05) is 18.0 Å². The van der Waals surface area contributed by atoms with E-state index in [1.54, 1.807) is 0 Å². The van der Waals surface area contributed by atoms with Crippen LogP contribution in [0.1, 0.15) is 52.0 Å². The Morgan fingerprint density at radius 2 is 2.10 bits per heavy atom. The molecule has 1 N–H and O–H groups in total. The van der Waals surface area contributed by atoms with Gasteiger partial charge >= 0.3 is 0 Å². The van der Waals surface area contributed by atoms with E-state index in [0.717, 1.165) is 19.0 Å². The molecule has 0 aromatic heterocycles. The van der Waals surface area contributed by atoms with E-state index < -0.39 is 0 Å². The molecular weight excluding hydrogens is 244 g/mol. The third kappa shape index (κ3) is 3.99. The van der Waals surface area contributed by atoms with Gasteiger partial charge in [-0.2, -0.15) is 0 Å². The predicted octanol–water partition coefficient (Wildman–Crippen LogP) is 4.20. The maximum atomic E-state index is 3.62. The third-order valence-electron chi connectivity index (χ3n) is 4.49. The second-order valence-electron chi connectivity index (χ2n) is 6.23. The number of hydrogen-bond donors (Lipinski definition) is 1. The zero-order chi connectivity index (χ0) is 14.4. The molecule has 0 spiro atoms. The minimum atomic E-state index is 0.561. The van der Waals surface area contributed by atoms with Crippen LogP contribution in [0.3, 0.4) is 0 Å². The Hall–Kier alpha value is -1.02. The molecule has 2 heteroatoms. The Labute approximate surface area is 124 Å². The summed E-state index contributed by atoms with van der Waals surface area (Å²) in [7, 11) is 0. The van der Waals surface area contributed by atoms with Crippen molar-refractivity contribution in [3.05, 3.63) is 29.8 Å². The number of fused-ring (bicyclic) bond motifs is 1. The van der Waals surface area contributed by atoms with Crippen molar-refractivity contribution in [3.63, 3.8) is 0 Å². The molecule has 20 heavy (non-hydrogen) atoms. The first-order valence-corrected chi connectivity index (χ1v) is 8.30. The van der Waals surface area contributed by atoms with Crippen LogP contribution in [0.5, 0.6) is 0 Å². The largest absolute Gasteiger partial charge is 0.369 e. The van der Waals surface area contributed by atoms with E-state index in [-0.39, 0.29) is 0 Å². The lowest BCUT2D eigenvalue weighted by atomic mass is 9.98. The summed E-state index contributed by atoms with van der Waals surface area (Å²) in [6, 6.07) is 9.45. The molecule has 112 valence electrons. The Balaban J connectivity index is 2.11. The highest BCUT2D eigenvalue weighted by molar-refractivity contribution is 5.54. The van der Waals surface area contributed by atoms with E-state index in [9.17, 15) is 0 Å². The van der Waals surface area contributed by atoms with Crippen LogP contribution >= 0.6 is 0 Å². The Bertz CT molecular complexity index is 402. The molecule has 0 radical (unpaired) electrons. The second-order valence-corrected chi connectivity index (χ2v) is 6.23. The van der Waals surface area contributed by atoms with Crippen LogP contribution in [0.4, 0.5) is 5.69 Å². The van der Waals surface area contributed by atoms with Crippen molar-refractivity contribution in [1.82, 2.24) is 5.32 Å². The molecule has 1 aromatic carbocycles. The summed E-state index contributed by atoms with van der Waals surface area (Å²) in [6.45, 7) is 10.3. The number of unbranched alkanes of at least 4 members (excludes halogenated alkanes) is 1. The summed E-state index contributed by atoms with van der Waals surface area (Å²) >= 11 is 0. The zero-order valence-corrected chi connectivity index (χ0v) is 13.4. The molecule has 2 rings (SSSR count). The smallest absolute Gasteiger partial charge is 0.0412 e. The number of rotatable bonds is 6. The lowest BCUT2D eigenvalue weighted by Crippen LogP contribution is -2.38. The number of nitrogens with one attached hydrogen (secondary N) is 1. The highest BCUT2D eigenvalue weighted by Crippen LogP contribution is 2.26. The number of para-hydroxylation sites is 1. The van der Waals surface area contributed by atoms with Gasteiger partial charge in [0.2, 0.25) is 0 Å². The van der Waals surface area contributed by atoms with Crippen LogP contribution in [0, 0.1) is 5.92 Å². The van der Waals surface area contributed by atoms with Gasteiger partial charge in [-0.05, 0) is 30.9 Å². The SMILES string of the molecule is CCCCC(CC)CN1CC(C)NCc2ccccc21. The first-order chi connectivity index (χ1) is 9.74. The molecule has 0 saturated carbocycles. The van der Waals surface area contributed by atoms with Crippen molar-refractivity contribution in [2.24, 2.45) is 5.92 Å². The second kappa shape index (κ2) is 7.68. The maximum Gasteiger partial charge on any atom is 0.0412 e. The highest BCUT2D eigenvalue weighted by atomic mass is 15.2. The average Bonchev–Trinajstić information content (AvgIpc) is 2.63. The van der Waals surface area contributed by atoms with Gasteiger partial charge in [0.05, 0.1) is 0 Å². The first-order valence-electron chi connectivity index (χ1n) is 8.30. The van der Waals surface area contributed by atoms with Gasteiger partial charge in [0.1, 0.15) is 0 Å². The van der Waals surface area contributed by atoms with Gasteiger partial charge in [0, 0.05) is 31.4 Å². The van der Waals surface area contributed by atoms with Gasteiger partial charge in [-0.15, -0.1) is 0 Å². The van der Waals surface area contributed by atoms with Crippen molar-refractivity contribution < 1.29 is 0 Å². The summed E-state index contributed by atoms with van der Waals surface area (Å²) in [6.07, 6.45) is 5.33. The molecule has 1 heterocycles. The lowest BCUT2D eigenvalue weighted by Gasteiger charge is -2.30. The number of nitrogens with zero attached hydrogens (tertiary/aromatic N) is 1. The molecule has 1 aliphatic heterocycles. The first kappa shape index (κ1) is 15.4. The molecule has 1 aliphatic rings. The summed E-state index contributed by atoms with van der Waals surface area (Å²) in [5.41, 5.74) is 2.89. The van der Waals surface area contributed by atoms with Gasteiger partial charge < -0.3 is 10.2 Å². The quantitative estimate of drug-likeness (QED) is 0.836. The fourth-order valence-electron chi connectivity index (χ4n) is 3.15. The lowest BCUT2D eigenvalue weighted by molar-refractivity contribution is 0.436. The topological polar surface area (TPSA) is 15.3 Å². The molecule has 0 amide bonds. The fourth-order valence-corrected chi connectivity index (χ4v) is 3.15. The van der Waals surface area contributed by atoms with Crippen molar-refractivity contribution in [2.45, 2.75) is 59.0 Å². The number of hydrogen-bond acceptors (Lipinski definition) is 2. The van der Waals surface area contributed by atoms with E-state index in [1.807, 2.05) is 0 Å². The molecule has 0 bridgehead atoms. The maximum absolute atomic E-state index is 3.62. The monoisotopic (exact) mass is 274 g/mol. The fraction of sp³-hybridized carbons (Fsp3) is 0.667. The van der Waals surface area contributed by atoms with Gasteiger partial charge in [-0.1, -0.05) is 51.3 Å². The van der Waals surface area contributed by atoms with E-state index in [0.29, 0.717) is 6.04 Å². The molecule has 2 unspecified atom stereocenters.